The van der Waals surface area contributed by atoms with Crippen molar-refractivity contribution in [1.29, 1.82) is 0 Å². The van der Waals surface area contributed by atoms with Crippen molar-refractivity contribution in [1.82, 2.24) is 10.2 Å². The van der Waals surface area contributed by atoms with Crippen LogP contribution in [0.5, 0.6) is 0 Å². The zero-order valence-corrected chi connectivity index (χ0v) is 7.26. The molecule has 0 spiro atoms. The summed E-state index contributed by atoms with van der Waals surface area (Å²) in [4.78, 5) is 0. The molecule has 0 bridgehead atoms. The average molecular weight is 189 g/mol. The number of aromatic nitrogens is 2. The van der Waals surface area contributed by atoms with Gasteiger partial charge < -0.3 is 10.9 Å². The van der Waals surface area contributed by atoms with Crippen LogP contribution in [0.1, 0.15) is 18.2 Å². The highest BCUT2D eigenvalue weighted by molar-refractivity contribution is 6.33. The van der Waals surface area contributed by atoms with Crippen LogP contribution in [-0.4, -0.2) is 21.2 Å². The second kappa shape index (κ2) is 3.44. The molecule has 0 radical (unpaired) electrons. The largest absolute Gasteiger partial charge is 0.409 e. The van der Waals surface area contributed by atoms with E-state index in [9.17, 15) is 0 Å². The van der Waals surface area contributed by atoms with Crippen molar-refractivity contribution in [3.63, 3.8) is 0 Å². The van der Waals surface area contributed by atoms with E-state index in [4.69, 9.17) is 22.5 Å². The van der Waals surface area contributed by atoms with E-state index >= 15 is 0 Å². The lowest BCUT2D eigenvalue weighted by atomic mass is 10.2. The van der Waals surface area contributed by atoms with Crippen molar-refractivity contribution in [3.05, 3.63) is 16.4 Å². The van der Waals surface area contributed by atoms with Gasteiger partial charge in [0.05, 0.1) is 5.56 Å². The zero-order valence-electron chi connectivity index (χ0n) is 6.50. The minimum absolute atomic E-state index is 0.0226. The monoisotopic (exact) mass is 188 g/mol. The van der Waals surface area contributed by atoms with Crippen LogP contribution in [0, 0.1) is 0 Å². The third-order valence-corrected chi connectivity index (χ3v) is 1.79. The molecule has 0 unspecified atom stereocenters. The summed E-state index contributed by atoms with van der Waals surface area (Å²) in [5.74, 6) is -0.0226. The van der Waals surface area contributed by atoms with Crippen LogP contribution in [-0.2, 0) is 6.42 Å². The molecule has 1 aromatic rings. The van der Waals surface area contributed by atoms with Gasteiger partial charge >= 0.3 is 0 Å². The van der Waals surface area contributed by atoms with Gasteiger partial charge in [0.2, 0.25) is 0 Å². The maximum absolute atomic E-state index is 8.41. The van der Waals surface area contributed by atoms with Crippen LogP contribution in [0.25, 0.3) is 0 Å². The molecule has 0 fully saturated rings. The number of nitrogens with two attached hydrogens (primary N) is 1. The Balaban J connectivity index is 3.19. The van der Waals surface area contributed by atoms with Crippen molar-refractivity contribution in [2.45, 2.75) is 13.3 Å². The van der Waals surface area contributed by atoms with Gasteiger partial charge in [0, 0.05) is 5.69 Å². The summed E-state index contributed by atoms with van der Waals surface area (Å²) in [6, 6.07) is 0. The molecule has 1 rings (SSSR count). The first-order chi connectivity index (χ1) is 5.70. The molecule has 0 aliphatic heterocycles. The Labute approximate surface area is 74.2 Å². The van der Waals surface area contributed by atoms with Gasteiger partial charge in [-0.3, -0.25) is 5.10 Å². The fourth-order valence-electron chi connectivity index (χ4n) is 0.919. The molecule has 5 nitrogen and oxygen atoms in total. The van der Waals surface area contributed by atoms with Crippen molar-refractivity contribution in [2.24, 2.45) is 10.9 Å². The Hall–Kier alpha value is -1.23. The molecule has 6 heteroatoms. The van der Waals surface area contributed by atoms with E-state index in [1.54, 1.807) is 0 Å². The number of amidine groups is 1. The molecule has 0 aliphatic carbocycles. The summed E-state index contributed by atoms with van der Waals surface area (Å²) < 4.78 is 0. The first-order valence-electron chi connectivity index (χ1n) is 3.41. The minimum atomic E-state index is -0.0226. The smallest absolute Gasteiger partial charge is 0.175 e. The minimum Gasteiger partial charge on any atom is -0.409 e. The Morgan fingerprint density at radius 3 is 3.00 bits per heavy atom. The number of aromatic amines is 1. The second-order valence-corrected chi connectivity index (χ2v) is 2.56. The Kier molecular flexibility index (Phi) is 2.54. The average Bonchev–Trinajstić information content (AvgIpc) is 2.45. The maximum atomic E-state index is 8.41. The molecule has 0 atom stereocenters. The third kappa shape index (κ3) is 1.35. The van der Waals surface area contributed by atoms with E-state index in [-0.39, 0.29) is 11.0 Å². The highest BCUT2D eigenvalue weighted by Crippen LogP contribution is 2.16. The van der Waals surface area contributed by atoms with Gasteiger partial charge in [0.1, 0.15) is 0 Å². The summed E-state index contributed by atoms with van der Waals surface area (Å²) in [7, 11) is 0. The number of aryl methyl sites for hydroxylation is 1. The summed E-state index contributed by atoms with van der Waals surface area (Å²) in [5, 5.41) is 17.9. The van der Waals surface area contributed by atoms with Crippen LogP contribution in [0.3, 0.4) is 0 Å². The molecule has 12 heavy (non-hydrogen) atoms. The summed E-state index contributed by atoms with van der Waals surface area (Å²) in [5.41, 5.74) is 6.60. The number of nitrogens with zero attached hydrogens (tertiary/aromatic N) is 2. The maximum Gasteiger partial charge on any atom is 0.175 e. The van der Waals surface area contributed by atoms with E-state index < -0.39 is 0 Å². The predicted molar refractivity (Wildman–Crippen MR) is 45.5 cm³/mol. The molecule has 0 saturated carbocycles. The lowest BCUT2D eigenvalue weighted by molar-refractivity contribution is 0.318. The van der Waals surface area contributed by atoms with Gasteiger partial charge in [-0.25, -0.2) is 0 Å². The molecular formula is C6H9ClN4O. The summed E-state index contributed by atoms with van der Waals surface area (Å²) in [6.45, 7) is 1.91. The van der Waals surface area contributed by atoms with Gasteiger partial charge in [0.25, 0.3) is 0 Å². The first kappa shape index (κ1) is 8.86. The Bertz CT molecular complexity index is 306. The molecule has 0 aliphatic rings. The molecular weight excluding hydrogens is 180 g/mol. The van der Waals surface area contributed by atoms with Gasteiger partial charge in [-0.2, -0.15) is 5.10 Å². The van der Waals surface area contributed by atoms with Crippen molar-refractivity contribution < 1.29 is 5.21 Å². The van der Waals surface area contributed by atoms with Crippen molar-refractivity contribution in [2.75, 3.05) is 0 Å². The number of oxime groups is 1. The van der Waals surface area contributed by atoms with Gasteiger partial charge in [-0.1, -0.05) is 23.7 Å². The molecule has 0 aromatic carbocycles. The van der Waals surface area contributed by atoms with Crippen LogP contribution in [0.4, 0.5) is 0 Å². The highest BCUT2D eigenvalue weighted by atomic mass is 35.5. The normalized spacial score (nSPS) is 12.0. The van der Waals surface area contributed by atoms with E-state index in [0.29, 0.717) is 12.0 Å². The highest BCUT2D eigenvalue weighted by Gasteiger charge is 2.13. The topological polar surface area (TPSA) is 87.3 Å². The molecule has 0 amide bonds. The second-order valence-electron chi connectivity index (χ2n) is 2.21. The predicted octanol–water partition coefficient (Wildman–Crippen LogP) is 0.720. The van der Waals surface area contributed by atoms with Crippen LogP contribution < -0.4 is 5.73 Å². The molecule has 1 heterocycles. The fourth-order valence-corrected chi connectivity index (χ4v) is 1.17. The van der Waals surface area contributed by atoms with Crippen molar-refractivity contribution in [3.8, 4) is 0 Å². The van der Waals surface area contributed by atoms with Crippen LogP contribution in [0.2, 0.25) is 5.15 Å². The third-order valence-electron chi connectivity index (χ3n) is 1.51. The summed E-state index contributed by atoms with van der Waals surface area (Å²) >= 11 is 5.68. The van der Waals surface area contributed by atoms with E-state index in [2.05, 4.69) is 15.4 Å². The molecule has 0 saturated heterocycles. The zero-order chi connectivity index (χ0) is 9.14. The lowest BCUT2D eigenvalue weighted by Crippen LogP contribution is -2.14. The van der Waals surface area contributed by atoms with E-state index in [1.165, 1.54) is 0 Å². The van der Waals surface area contributed by atoms with Crippen molar-refractivity contribution >= 4 is 17.4 Å². The molecule has 66 valence electrons. The number of rotatable bonds is 2. The quantitative estimate of drug-likeness (QED) is 0.277. The molecule has 4 N–H and O–H groups in total. The van der Waals surface area contributed by atoms with E-state index in [1.807, 2.05) is 6.92 Å². The van der Waals surface area contributed by atoms with Crippen LogP contribution in [0.15, 0.2) is 5.16 Å². The number of hydrogen-bond acceptors (Lipinski definition) is 3. The van der Waals surface area contributed by atoms with Gasteiger partial charge in [-0.05, 0) is 6.42 Å². The number of H-pyrrole nitrogens is 1. The Morgan fingerprint density at radius 2 is 2.50 bits per heavy atom. The lowest BCUT2D eigenvalue weighted by Gasteiger charge is -1.97. The number of nitrogens with one attached hydrogen (secondary N) is 1. The van der Waals surface area contributed by atoms with Gasteiger partial charge in [0.15, 0.2) is 11.0 Å². The standard InChI is InChI=1S/C6H9ClN4O/c1-2-3-4(6(8)11-12)5(7)10-9-3/h12H,2H2,1H3,(H2,8,11)(H,9,10). The summed E-state index contributed by atoms with van der Waals surface area (Å²) in [6.07, 6.45) is 0.700. The van der Waals surface area contributed by atoms with Gasteiger partial charge in [-0.15, -0.1) is 0 Å². The number of halogens is 1. The SMILES string of the molecule is CCc1[nH]nc(Cl)c1/C(N)=N\O. The van der Waals surface area contributed by atoms with Crippen LogP contribution >= 0.6 is 11.6 Å². The van der Waals surface area contributed by atoms with E-state index in [0.717, 1.165) is 5.69 Å². The molecule has 1 aromatic heterocycles. The number of hydrogen-bond donors (Lipinski definition) is 3. The Morgan fingerprint density at radius 1 is 1.83 bits per heavy atom. The first-order valence-corrected chi connectivity index (χ1v) is 3.79. The fraction of sp³-hybridized carbons (Fsp3) is 0.333.